The van der Waals surface area contributed by atoms with Crippen LogP contribution in [0.25, 0.3) is 10.8 Å². The van der Waals surface area contributed by atoms with Crippen LogP contribution in [0.2, 0.25) is 0 Å². The highest BCUT2D eigenvalue weighted by atomic mass is 16.5. The minimum Gasteiger partial charge on any atom is -0.508 e. The predicted octanol–water partition coefficient (Wildman–Crippen LogP) is 5.18. The van der Waals surface area contributed by atoms with Gasteiger partial charge in [0.25, 0.3) is 0 Å². The third-order valence-electron chi connectivity index (χ3n) is 6.97. The zero-order valence-corrected chi connectivity index (χ0v) is 19.4. The third kappa shape index (κ3) is 3.88. The van der Waals surface area contributed by atoms with Crippen LogP contribution in [0, 0.1) is 20.8 Å². The Kier molecular flexibility index (Phi) is 5.53. The van der Waals surface area contributed by atoms with Gasteiger partial charge in [-0.25, -0.2) is 0 Å². The summed E-state index contributed by atoms with van der Waals surface area (Å²) < 4.78 is 6.42. The summed E-state index contributed by atoms with van der Waals surface area (Å²) in [6, 6.07) is 11.1. The lowest BCUT2D eigenvalue weighted by Crippen LogP contribution is -2.48. The van der Waals surface area contributed by atoms with Gasteiger partial charge in [-0.05, 0) is 92.6 Å². The van der Waals surface area contributed by atoms with Gasteiger partial charge >= 0.3 is 0 Å². The van der Waals surface area contributed by atoms with E-state index in [0.717, 1.165) is 57.2 Å². The van der Waals surface area contributed by atoms with E-state index in [2.05, 4.69) is 5.32 Å². The standard InChI is InChI=1S/C27H31NO4/c1-15-16(2)25-23(18(4)24(15)30)10-11-27(5,32-25)14-28-26(31)17(3)19-6-7-21-13-22(29)9-8-20(21)12-19/h6-9,12-13,17,29-30H,10-11,14H2,1-5H3,(H,28,31). The molecule has 0 aliphatic carbocycles. The highest BCUT2D eigenvalue weighted by Gasteiger charge is 2.35. The van der Waals surface area contributed by atoms with Crippen molar-refractivity contribution in [3.63, 3.8) is 0 Å². The number of rotatable bonds is 4. The molecule has 4 rings (SSSR count). The molecule has 1 heterocycles. The fraction of sp³-hybridized carbons (Fsp3) is 0.370. The number of nitrogens with one attached hydrogen (secondary N) is 1. The van der Waals surface area contributed by atoms with Crippen molar-refractivity contribution in [3.8, 4) is 17.2 Å². The Morgan fingerprint density at radius 2 is 1.75 bits per heavy atom. The first-order valence-electron chi connectivity index (χ1n) is 11.1. The second-order valence-corrected chi connectivity index (χ2v) is 9.31. The van der Waals surface area contributed by atoms with E-state index in [-0.39, 0.29) is 17.6 Å². The molecule has 32 heavy (non-hydrogen) atoms. The molecule has 1 aliphatic rings. The first kappa shape index (κ1) is 22.0. The topological polar surface area (TPSA) is 78.8 Å². The van der Waals surface area contributed by atoms with Crippen molar-refractivity contribution >= 4 is 16.7 Å². The molecular formula is C27H31NO4. The van der Waals surface area contributed by atoms with Crippen molar-refractivity contribution in [2.75, 3.05) is 6.54 Å². The smallest absolute Gasteiger partial charge is 0.227 e. The normalized spacial score (nSPS) is 18.7. The summed E-state index contributed by atoms with van der Waals surface area (Å²) in [5.74, 6) is 1.06. The number of carbonyl (C=O) groups is 1. The summed E-state index contributed by atoms with van der Waals surface area (Å²) in [5.41, 5.74) is 4.16. The molecular weight excluding hydrogens is 402 g/mol. The lowest BCUT2D eigenvalue weighted by Gasteiger charge is -2.38. The van der Waals surface area contributed by atoms with Gasteiger partial charge < -0.3 is 20.3 Å². The molecule has 168 valence electrons. The molecule has 0 aromatic heterocycles. The molecule has 0 saturated heterocycles. The van der Waals surface area contributed by atoms with E-state index in [1.54, 1.807) is 12.1 Å². The summed E-state index contributed by atoms with van der Waals surface area (Å²) in [5, 5.41) is 25.0. The summed E-state index contributed by atoms with van der Waals surface area (Å²) >= 11 is 0. The zero-order valence-electron chi connectivity index (χ0n) is 19.4. The Balaban J connectivity index is 1.48. The maximum Gasteiger partial charge on any atom is 0.227 e. The number of aromatic hydroxyl groups is 2. The number of fused-ring (bicyclic) bond motifs is 2. The first-order valence-corrected chi connectivity index (χ1v) is 11.1. The van der Waals surface area contributed by atoms with Crippen LogP contribution in [0.5, 0.6) is 17.2 Å². The number of phenolic OH excluding ortho intramolecular Hbond substituents is 2. The maximum atomic E-state index is 12.9. The molecule has 1 amide bonds. The van der Waals surface area contributed by atoms with Crippen molar-refractivity contribution in [3.05, 3.63) is 64.2 Å². The molecule has 0 fully saturated rings. The van der Waals surface area contributed by atoms with Crippen molar-refractivity contribution in [2.24, 2.45) is 0 Å². The minimum absolute atomic E-state index is 0.0476. The zero-order chi connectivity index (χ0) is 23.2. The van der Waals surface area contributed by atoms with Gasteiger partial charge in [-0.3, -0.25) is 4.79 Å². The second kappa shape index (κ2) is 8.05. The summed E-state index contributed by atoms with van der Waals surface area (Å²) in [7, 11) is 0. The van der Waals surface area contributed by atoms with E-state index < -0.39 is 5.60 Å². The summed E-state index contributed by atoms with van der Waals surface area (Å²) in [4.78, 5) is 12.9. The number of hydrogen-bond acceptors (Lipinski definition) is 4. The molecule has 0 bridgehead atoms. The fourth-order valence-electron chi connectivity index (χ4n) is 4.52. The molecule has 3 aromatic carbocycles. The van der Waals surface area contributed by atoms with Crippen molar-refractivity contribution in [2.45, 2.75) is 59.0 Å². The van der Waals surface area contributed by atoms with Crippen molar-refractivity contribution in [1.29, 1.82) is 0 Å². The molecule has 5 heteroatoms. The molecule has 3 aromatic rings. The summed E-state index contributed by atoms with van der Waals surface area (Å²) in [6.45, 7) is 10.1. The van der Waals surface area contributed by atoms with Crippen LogP contribution in [0.4, 0.5) is 0 Å². The molecule has 5 nitrogen and oxygen atoms in total. The molecule has 1 aliphatic heterocycles. The number of phenols is 2. The number of hydrogen-bond donors (Lipinski definition) is 3. The van der Waals surface area contributed by atoms with Gasteiger partial charge in [0.2, 0.25) is 5.91 Å². The Labute approximate surface area is 189 Å². The van der Waals surface area contributed by atoms with Crippen molar-refractivity contribution in [1.82, 2.24) is 5.32 Å². The first-order chi connectivity index (χ1) is 15.1. The summed E-state index contributed by atoms with van der Waals surface area (Å²) in [6.07, 6.45) is 1.56. The average Bonchev–Trinajstić information content (AvgIpc) is 2.79. The van der Waals surface area contributed by atoms with Gasteiger partial charge in [0.1, 0.15) is 22.8 Å². The van der Waals surface area contributed by atoms with E-state index in [4.69, 9.17) is 4.74 Å². The van der Waals surface area contributed by atoms with E-state index in [0.29, 0.717) is 12.3 Å². The fourth-order valence-corrected chi connectivity index (χ4v) is 4.52. The maximum absolute atomic E-state index is 12.9. The SMILES string of the molecule is Cc1c(C)c2c(c(C)c1O)CCC(C)(CNC(=O)C(C)c1ccc3cc(O)ccc3c1)O2. The van der Waals surface area contributed by atoms with Crippen LogP contribution in [-0.2, 0) is 11.2 Å². The number of ether oxygens (including phenoxy) is 1. The molecule has 0 radical (unpaired) electrons. The Morgan fingerprint density at radius 3 is 2.50 bits per heavy atom. The van der Waals surface area contributed by atoms with Crippen LogP contribution in [0.1, 0.15) is 54.0 Å². The van der Waals surface area contributed by atoms with Crippen LogP contribution in [0.15, 0.2) is 36.4 Å². The Bertz CT molecular complexity index is 1220. The van der Waals surface area contributed by atoms with Crippen LogP contribution >= 0.6 is 0 Å². The van der Waals surface area contributed by atoms with Gasteiger partial charge in [-0.15, -0.1) is 0 Å². The van der Waals surface area contributed by atoms with Crippen LogP contribution in [-0.4, -0.2) is 28.3 Å². The lowest BCUT2D eigenvalue weighted by atomic mass is 9.87. The quantitative estimate of drug-likeness (QED) is 0.530. The predicted molar refractivity (Wildman–Crippen MR) is 127 cm³/mol. The van der Waals surface area contributed by atoms with Gasteiger partial charge in [0, 0.05) is 5.56 Å². The van der Waals surface area contributed by atoms with Gasteiger partial charge in [-0.1, -0.05) is 24.3 Å². The monoisotopic (exact) mass is 433 g/mol. The average molecular weight is 434 g/mol. The molecule has 0 spiro atoms. The van der Waals surface area contributed by atoms with Gasteiger partial charge in [0.05, 0.1) is 12.5 Å². The Hall–Kier alpha value is -3.21. The largest absolute Gasteiger partial charge is 0.508 e. The number of carbonyl (C=O) groups excluding carboxylic acids is 1. The molecule has 2 unspecified atom stereocenters. The molecule has 3 N–H and O–H groups in total. The van der Waals surface area contributed by atoms with Gasteiger partial charge in [-0.2, -0.15) is 0 Å². The third-order valence-corrected chi connectivity index (χ3v) is 6.97. The highest BCUT2D eigenvalue weighted by molar-refractivity contribution is 5.88. The van der Waals surface area contributed by atoms with Crippen molar-refractivity contribution < 1.29 is 19.7 Å². The second-order valence-electron chi connectivity index (χ2n) is 9.31. The minimum atomic E-state index is -0.510. The Morgan fingerprint density at radius 1 is 1.06 bits per heavy atom. The van der Waals surface area contributed by atoms with E-state index >= 15 is 0 Å². The number of amides is 1. The molecule has 2 atom stereocenters. The number of benzene rings is 3. The van der Waals surface area contributed by atoms with Crippen LogP contribution < -0.4 is 10.1 Å². The highest BCUT2D eigenvalue weighted by Crippen LogP contribution is 2.43. The van der Waals surface area contributed by atoms with Gasteiger partial charge in [0.15, 0.2) is 0 Å². The van der Waals surface area contributed by atoms with E-state index in [9.17, 15) is 15.0 Å². The molecule has 0 saturated carbocycles. The lowest BCUT2D eigenvalue weighted by molar-refractivity contribution is -0.123. The van der Waals surface area contributed by atoms with Crippen LogP contribution in [0.3, 0.4) is 0 Å². The van der Waals surface area contributed by atoms with E-state index in [1.807, 2.05) is 58.9 Å². The van der Waals surface area contributed by atoms with E-state index in [1.165, 1.54) is 0 Å².